The molecule has 8 aliphatic carbocycles. The van der Waals surface area contributed by atoms with E-state index in [1.807, 2.05) is 0 Å². The quantitative estimate of drug-likeness (QED) is 0.424. The van der Waals surface area contributed by atoms with Crippen LogP contribution >= 0.6 is 0 Å². The first-order valence-electron chi connectivity index (χ1n) is 12.3. The van der Waals surface area contributed by atoms with Crippen LogP contribution < -0.4 is 0 Å². The Morgan fingerprint density at radius 3 is 1.69 bits per heavy atom. The number of nitro benzene ring substituents is 1. The molecule has 3 atom stereocenters. The van der Waals surface area contributed by atoms with Gasteiger partial charge in [0, 0.05) is 12.1 Å². The first-order valence-corrected chi connectivity index (χ1v) is 12.3. The Balaban J connectivity index is 1.36. The lowest BCUT2D eigenvalue weighted by Crippen LogP contribution is -2.63. The van der Waals surface area contributed by atoms with Gasteiger partial charge in [0.2, 0.25) is 0 Å². The summed E-state index contributed by atoms with van der Waals surface area (Å²) >= 11 is 0. The van der Waals surface area contributed by atoms with Gasteiger partial charge in [0.25, 0.3) is 5.69 Å². The van der Waals surface area contributed by atoms with Gasteiger partial charge in [0.15, 0.2) is 0 Å². The number of nitro groups is 1. The number of rotatable bonds is 3. The summed E-state index contributed by atoms with van der Waals surface area (Å²) in [5, 5.41) is 11.2. The molecule has 3 unspecified atom stereocenters. The van der Waals surface area contributed by atoms with Crippen LogP contribution in [0.25, 0.3) is 0 Å². The van der Waals surface area contributed by atoms with Crippen LogP contribution in [0.3, 0.4) is 0 Å². The molecule has 0 N–H and O–H groups in total. The van der Waals surface area contributed by atoms with Gasteiger partial charge < -0.3 is 0 Å². The van der Waals surface area contributed by atoms with E-state index in [-0.39, 0.29) is 10.6 Å². The summed E-state index contributed by atoms with van der Waals surface area (Å²) in [5.74, 6) is 6.44. The van der Waals surface area contributed by atoms with Gasteiger partial charge in [-0.15, -0.1) is 0 Å². The first-order chi connectivity index (χ1) is 14.0. The standard InChI is InChI=1S/C26H33NO2/c28-27(29)23-3-1-21(2-4-23)24-22-9-19-8-20(10-22)15-26(24,14-19)25-11-16-5-17(12-25)7-18(6-16)13-25/h1-4,16-20,22,24H,5-15H2. The molecular weight excluding hydrogens is 358 g/mol. The van der Waals surface area contributed by atoms with Crippen LogP contribution in [0.1, 0.15) is 82.1 Å². The smallest absolute Gasteiger partial charge is 0.258 e. The molecule has 0 heterocycles. The maximum atomic E-state index is 11.2. The largest absolute Gasteiger partial charge is 0.269 e. The minimum absolute atomic E-state index is 0.241. The average molecular weight is 392 g/mol. The summed E-state index contributed by atoms with van der Waals surface area (Å²) in [6.45, 7) is 0. The van der Waals surface area contributed by atoms with Crippen LogP contribution in [0, 0.1) is 56.5 Å². The van der Waals surface area contributed by atoms with Gasteiger partial charge in [0.05, 0.1) is 4.92 Å². The SMILES string of the molecule is O=[N+]([O-])c1ccc(C2C3CC4CC(C3)CC2(C23CC5CC(CC(C5)C2)C3)C4)cc1. The van der Waals surface area contributed by atoms with E-state index in [0.29, 0.717) is 16.7 Å². The lowest BCUT2D eigenvalue weighted by Gasteiger charge is -2.73. The Morgan fingerprint density at radius 2 is 1.21 bits per heavy atom. The van der Waals surface area contributed by atoms with Crippen molar-refractivity contribution in [1.82, 2.24) is 0 Å². The summed E-state index contributed by atoms with van der Waals surface area (Å²) < 4.78 is 0. The van der Waals surface area contributed by atoms with E-state index < -0.39 is 0 Å². The van der Waals surface area contributed by atoms with E-state index in [4.69, 9.17) is 0 Å². The summed E-state index contributed by atoms with van der Waals surface area (Å²) in [7, 11) is 0. The van der Waals surface area contributed by atoms with E-state index in [0.717, 1.165) is 35.5 Å². The fourth-order valence-corrected chi connectivity index (χ4v) is 10.9. The zero-order chi connectivity index (χ0) is 19.4. The van der Waals surface area contributed by atoms with Crippen molar-refractivity contribution < 1.29 is 4.92 Å². The van der Waals surface area contributed by atoms with Crippen molar-refractivity contribution in [3.05, 3.63) is 39.9 Å². The van der Waals surface area contributed by atoms with Gasteiger partial charge in [-0.25, -0.2) is 0 Å². The third kappa shape index (κ3) is 2.25. The molecule has 1 aromatic rings. The number of hydrogen-bond acceptors (Lipinski definition) is 2. The van der Waals surface area contributed by atoms with Crippen LogP contribution in [-0.2, 0) is 0 Å². The molecule has 0 saturated heterocycles. The molecule has 9 rings (SSSR count). The minimum atomic E-state index is -0.241. The Labute approximate surface area is 173 Å². The molecule has 8 fully saturated rings. The van der Waals surface area contributed by atoms with E-state index in [1.54, 1.807) is 12.1 Å². The predicted octanol–water partition coefficient (Wildman–Crippen LogP) is 6.72. The Morgan fingerprint density at radius 1 is 0.724 bits per heavy atom. The lowest BCUT2D eigenvalue weighted by molar-refractivity contribution is -0.384. The molecule has 8 saturated carbocycles. The first kappa shape index (κ1) is 17.3. The highest BCUT2D eigenvalue weighted by Crippen LogP contribution is 2.78. The molecule has 8 aliphatic rings. The van der Waals surface area contributed by atoms with Gasteiger partial charge in [-0.2, -0.15) is 0 Å². The van der Waals surface area contributed by atoms with Crippen molar-refractivity contribution in [2.45, 2.75) is 76.5 Å². The van der Waals surface area contributed by atoms with Gasteiger partial charge in [-0.3, -0.25) is 10.1 Å². The third-order valence-electron chi connectivity index (χ3n) is 10.9. The summed E-state index contributed by atoms with van der Waals surface area (Å²) in [5.41, 5.74) is 2.77. The molecule has 8 bridgehead atoms. The van der Waals surface area contributed by atoms with Crippen LogP contribution in [0.15, 0.2) is 24.3 Å². The molecule has 0 aliphatic heterocycles. The summed E-state index contributed by atoms with van der Waals surface area (Å²) in [6, 6.07) is 7.86. The molecule has 1 aromatic carbocycles. The van der Waals surface area contributed by atoms with Crippen molar-refractivity contribution in [2.75, 3.05) is 0 Å². The van der Waals surface area contributed by atoms with Crippen LogP contribution in [0.5, 0.6) is 0 Å². The van der Waals surface area contributed by atoms with Gasteiger partial charge in [-0.05, 0) is 128 Å². The zero-order valence-corrected chi connectivity index (χ0v) is 17.4. The molecule has 0 aromatic heterocycles. The van der Waals surface area contributed by atoms with Gasteiger partial charge in [-0.1, -0.05) is 12.1 Å². The summed E-state index contributed by atoms with van der Waals surface area (Å²) in [4.78, 5) is 11.0. The highest BCUT2D eigenvalue weighted by atomic mass is 16.6. The van der Waals surface area contributed by atoms with Crippen molar-refractivity contribution in [3.8, 4) is 0 Å². The molecule has 0 spiro atoms. The Bertz CT molecular complexity index is 809. The number of non-ortho nitro benzene ring substituents is 1. The fraction of sp³-hybridized carbons (Fsp3) is 0.769. The minimum Gasteiger partial charge on any atom is -0.258 e. The van der Waals surface area contributed by atoms with Crippen LogP contribution in [0.2, 0.25) is 0 Å². The highest BCUT2D eigenvalue weighted by Gasteiger charge is 2.68. The van der Waals surface area contributed by atoms with Crippen molar-refractivity contribution in [1.29, 1.82) is 0 Å². The molecule has 3 nitrogen and oxygen atoms in total. The maximum absolute atomic E-state index is 11.2. The fourth-order valence-electron chi connectivity index (χ4n) is 10.9. The molecule has 0 radical (unpaired) electrons. The summed E-state index contributed by atoms with van der Waals surface area (Å²) in [6.07, 6.45) is 16.4. The highest BCUT2D eigenvalue weighted by molar-refractivity contribution is 5.38. The topological polar surface area (TPSA) is 43.1 Å². The van der Waals surface area contributed by atoms with Crippen molar-refractivity contribution in [3.63, 3.8) is 0 Å². The Kier molecular flexibility index (Phi) is 3.37. The van der Waals surface area contributed by atoms with E-state index >= 15 is 0 Å². The molecular formula is C26H33NO2. The van der Waals surface area contributed by atoms with Crippen molar-refractivity contribution >= 4 is 5.69 Å². The van der Waals surface area contributed by atoms with E-state index in [2.05, 4.69) is 12.1 Å². The molecule has 29 heavy (non-hydrogen) atoms. The molecule has 3 heteroatoms. The number of hydrogen-bond donors (Lipinski definition) is 0. The second-order valence-corrected chi connectivity index (χ2v) is 12.3. The predicted molar refractivity (Wildman–Crippen MR) is 112 cm³/mol. The zero-order valence-electron chi connectivity index (χ0n) is 17.4. The van der Waals surface area contributed by atoms with Crippen LogP contribution in [-0.4, -0.2) is 4.92 Å². The normalized spacial score (nSPS) is 51.5. The second kappa shape index (κ2) is 5.65. The van der Waals surface area contributed by atoms with E-state index in [1.165, 1.54) is 76.2 Å². The Hall–Kier alpha value is -1.38. The molecule has 154 valence electrons. The van der Waals surface area contributed by atoms with Gasteiger partial charge >= 0.3 is 0 Å². The number of benzene rings is 1. The van der Waals surface area contributed by atoms with E-state index in [9.17, 15) is 10.1 Å². The third-order valence-corrected chi connectivity index (χ3v) is 10.9. The monoisotopic (exact) mass is 391 g/mol. The average Bonchev–Trinajstić information content (AvgIpc) is 2.66. The molecule has 0 amide bonds. The maximum Gasteiger partial charge on any atom is 0.269 e. The number of nitrogens with zero attached hydrogens (tertiary/aromatic N) is 1. The van der Waals surface area contributed by atoms with Gasteiger partial charge in [0.1, 0.15) is 0 Å². The van der Waals surface area contributed by atoms with Crippen LogP contribution in [0.4, 0.5) is 5.69 Å². The van der Waals surface area contributed by atoms with Crippen molar-refractivity contribution in [2.24, 2.45) is 46.3 Å². The lowest BCUT2D eigenvalue weighted by atomic mass is 9.32. The second-order valence-electron chi connectivity index (χ2n) is 12.3.